The largest absolute Gasteiger partial charge is 0.379 e. The first-order valence-corrected chi connectivity index (χ1v) is 4.51. The van der Waals surface area contributed by atoms with E-state index in [1.54, 1.807) is 0 Å². The minimum Gasteiger partial charge on any atom is -0.379 e. The molecule has 5 nitrogen and oxygen atoms in total. The number of β-amino-alcohol motifs (C(OH)–C–C–N with tert-alkyl or cyclic N) is 1. The van der Waals surface area contributed by atoms with Gasteiger partial charge >= 0.3 is 0 Å². The Labute approximate surface area is 76.1 Å². The van der Waals surface area contributed by atoms with E-state index in [2.05, 4.69) is 15.5 Å². The molecule has 0 aromatic carbocycles. The molecule has 0 spiro atoms. The predicted octanol–water partition coefficient (Wildman–Crippen LogP) is -0.187. The van der Waals surface area contributed by atoms with Crippen LogP contribution in [0.2, 0.25) is 0 Å². The number of rotatable bonds is 2. The smallest absolute Gasteiger partial charge is 0.259 e. The summed E-state index contributed by atoms with van der Waals surface area (Å²) in [6, 6.07) is 0. The first-order valence-electron chi connectivity index (χ1n) is 4.51. The maximum atomic E-state index is 10.0. The van der Waals surface area contributed by atoms with Crippen LogP contribution < -0.4 is 5.32 Å². The fraction of sp³-hybridized carbons (Fsp3) is 0.750. The second-order valence-corrected chi connectivity index (χ2v) is 3.33. The Bertz CT molecular complexity index is 291. The summed E-state index contributed by atoms with van der Waals surface area (Å²) in [5.74, 6) is 0.990. The molecule has 1 aromatic heterocycles. The Hall–Kier alpha value is -0.940. The van der Waals surface area contributed by atoms with Gasteiger partial charge < -0.3 is 14.9 Å². The van der Waals surface area contributed by atoms with Gasteiger partial charge in [0.1, 0.15) is 0 Å². The van der Waals surface area contributed by atoms with Crippen LogP contribution in [0.25, 0.3) is 0 Å². The van der Waals surface area contributed by atoms with Crippen molar-refractivity contribution in [2.75, 3.05) is 13.1 Å². The Kier molecular flexibility index (Phi) is 2.05. The van der Waals surface area contributed by atoms with E-state index >= 15 is 0 Å². The van der Waals surface area contributed by atoms with E-state index < -0.39 is 5.60 Å². The number of hydrogen-bond donors (Lipinski definition) is 2. The van der Waals surface area contributed by atoms with Crippen molar-refractivity contribution in [1.29, 1.82) is 0 Å². The van der Waals surface area contributed by atoms with E-state index in [-0.39, 0.29) is 0 Å². The van der Waals surface area contributed by atoms with Crippen LogP contribution in [-0.4, -0.2) is 28.3 Å². The fourth-order valence-electron chi connectivity index (χ4n) is 1.45. The van der Waals surface area contributed by atoms with E-state index in [0.717, 1.165) is 13.0 Å². The molecule has 0 amide bonds. The molecule has 13 heavy (non-hydrogen) atoms. The summed E-state index contributed by atoms with van der Waals surface area (Å²) in [7, 11) is 0. The van der Waals surface area contributed by atoms with Crippen molar-refractivity contribution in [2.45, 2.75) is 25.4 Å². The Morgan fingerprint density at radius 3 is 3.08 bits per heavy atom. The summed E-state index contributed by atoms with van der Waals surface area (Å²) in [6.45, 7) is 3.24. The van der Waals surface area contributed by atoms with Crippen LogP contribution >= 0.6 is 0 Å². The van der Waals surface area contributed by atoms with Gasteiger partial charge in [0.05, 0.1) is 0 Å². The Morgan fingerprint density at radius 2 is 2.54 bits per heavy atom. The third-order valence-corrected chi connectivity index (χ3v) is 2.32. The monoisotopic (exact) mass is 183 g/mol. The number of nitrogens with one attached hydrogen (secondary N) is 1. The molecule has 72 valence electrons. The zero-order chi connectivity index (χ0) is 9.31. The van der Waals surface area contributed by atoms with Crippen LogP contribution in [0.4, 0.5) is 0 Å². The molecule has 1 aliphatic heterocycles. The van der Waals surface area contributed by atoms with Crippen molar-refractivity contribution in [1.82, 2.24) is 15.5 Å². The van der Waals surface area contributed by atoms with Crippen molar-refractivity contribution >= 4 is 0 Å². The number of aryl methyl sites for hydroxylation is 1. The van der Waals surface area contributed by atoms with Gasteiger partial charge in [0, 0.05) is 13.0 Å². The molecule has 1 fully saturated rings. The number of nitrogens with zero attached hydrogens (tertiary/aromatic N) is 2. The molecule has 0 saturated carbocycles. The molecule has 1 saturated heterocycles. The van der Waals surface area contributed by atoms with Gasteiger partial charge in [-0.25, -0.2) is 0 Å². The third kappa shape index (κ3) is 1.45. The average Bonchev–Trinajstić information content (AvgIpc) is 2.72. The molecule has 2 rings (SSSR count). The van der Waals surface area contributed by atoms with Crippen molar-refractivity contribution in [3.8, 4) is 0 Å². The lowest BCUT2D eigenvalue weighted by atomic mass is 10.0. The lowest BCUT2D eigenvalue weighted by Crippen LogP contribution is -2.28. The number of hydrogen-bond acceptors (Lipinski definition) is 5. The van der Waals surface area contributed by atoms with E-state index in [1.165, 1.54) is 0 Å². The van der Waals surface area contributed by atoms with Crippen LogP contribution in [0.5, 0.6) is 0 Å². The maximum Gasteiger partial charge on any atom is 0.259 e. The average molecular weight is 183 g/mol. The van der Waals surface area contributed by atoms with Crippen LogP contribution in [0.15, 0.2) is 4.52 Å². The molecule has 0 unspecified atom stereocenters. The Morgan fingerprint density at radius 1 is 1.69 bits per heavy atom. The molecule has 2 heterocycles. The molecule has 1 atom stereocenters. The molecular formula is C8H13N3O2. The lowest BCUT2D eigenvalue weighted by molar-refractivity contribution is 0.0243. The molecular weight excluding hydrogens is 170 g/mol. The standard InChI is InChI=1S/C8H13N3O2/c1-2-6-10-7(13-11-6)8(12)3-4-9-5-8/h9,12H,2-5H2,1H3/t8-/m0/s1. The molecule has 0 bridgehead atoms. The fourth-order valence-corrected chi connectivity index (χ4v) is 1.45. The van der Waals surface area contributed by atoms with Gasteiger partial charge in [-0.05, 0) is 13.0 Å². The lowest BCUT2D eigenvalue weighted by Gasteiger charge is -2.14. The number of aromatic nitrogens is 2. The zero-order valence-electron chi connectivity index (χ0n) is 7.58. The van der Waals surface area contributed by atoms with Crippen LogP contribution in [0, 0.1) is 0 Å². The van der Waals surface area contributed by atoms with Crippen molar-refractivity contribution in [3.63, 3.8) is 0 Å². The van der Waals surface area contributed by atoms with Gasteiger partial charge in [0.25, 0.3) is 5.89 Å². The van der Waals surface area contributed by atoms with Gasteiger partial charge in [0.15, 0.2) is 11.4 Å². The summed E-state index contributed by atoms with van der Waals surface area (Å²) < 4.78 is 4.99. The minimum atomic E-state index is -0.944. The third-order valence-electron chi connectivity index (χ3n) is 2.32. The highest BCUT2D eigenvalue weighted by molar-refractivity contribution is 5.03. The van der Waals surface area contributed by atoms with E-state index in [0.29, 0.717) is 24.7 Å². The van der Waals surface area contributed by atoms with E-state index in [9.17, 15) is 5.11 Å². The van der Waals surface area contributed by atoms with Gasteiger partial charge in [-0.15, -0.1) is 0 Å². The molecule has 0 radical (unpaired) electrons. The highest BCUT2D eigenvalue weighted by atomic mass is 16.5. The highest BCUT2D eigenvalue weighted by Gasteiger charge is 2.38. The van der Waals surface area contributed by atoms with Crippen LogP contribution in [-0.2, 0) is 12.0 Å². The normalized spacial score (nSPS) is 28.2. The predicted molar refractivity (Wildman–Crippen MR) is 45.1 cm³/mol. The Balaban J connectivity index is 2.23. The SMILES string of the molecule is CCc1noc([C@]2(O)CCNC2)n1. The molecule has 5 heteroatoms. The highest BCUT2D eigenvalue weighted by Crippen LogP contribution is 2.25. The first-order chi connectivity index (χ1) is 6.24. The number of aliphatic hydroxyl groups is 1. The molecule has 0 aliphatic carbocycles. The van der Waals surface area contributed by atoms with Crippen molar-refractivity contribution in [2.24, 2.45) is 0 Å². The topological polar surface area (TPSA) is 71.2 Å². The van der Waals surface area contributed by atoms with E-state index in [1.807, 2.05) is 6.92 Å². The van der Waals surface area contributed by atoms with Gasteiger partial charge in [0.2, 0.25) is 0 Å². The van der Waals surface area contributed by atoms with Crippen molar-refractivity contribution < 1.29 is 9.63 Å². The van der Waals surface area contributed by atoms with Gasteiger partial charge in [-0.1, -0.05) is 12.1 Å². The second kappa shape index (κ2) is 3.08. The van der Waals surface area contributed by atoms with E-state index in [4.69, 9.17) is 4.52 Å². The first kappa shape index (κ1) is 8.65. The summed E-state index contributed by atoms with van der Waals surface area (Å²) in [5.41, 5.74) is -0.944. The minimum absolute atomic E-state index is 0.342. The van der Waals surface area contributed by atoms with Gasteiger partial charge in [-0.2, -0.15) is 4.98 Å². The summed E-state index contributed by atoms with van der Waals surface area (Å²) in [6.07, 6.45) is 1.37. The maximum absolute atomic E-state index is 10.0. The summed E-state index contributed by atoms with van der Waals surface area (Å²) in [4.78, 5) is 4.11. The summed E-state index contributed by atoms with van der Waals surface area (Å²) >= 11 is 0. The zero-order valence-corrected chi connectivity index (χ0v) is 7.58. The van der Waals surface area contributed by atoms with Crippen LogP contribution in [0.1, 0.15) is 25.1 Å². The summed E-state index contributed by atoms with van der Waals surface area (Å²) in [5, 5.41) is 16.8. The molecule has 1 aromatic rings. The second-order valence-electron chi connectivity index (χ2n) is 3.33. The molecule has 1 aliphatic rings. The quantitative estimate of drug-likeness (QED) is 0.665. The molecule has 2 N–H and O–H groups in total. The van der Waals surface area contributed by atoms with Gasteiger partial charge in [-0.3, -0.25) is 0 Å². The van der Waals surface area contributed by atoms with Crippen molar-refractivity contribution in [3.05, 3.63) is 11.7 Å². The van der Waals surface area contributed by atoms with Crippen LogP contribution in [0.3, 0.4) is 0 Å².